The van der Waals surface area contributed by atoms with Crippen LogP contribution in [0.2, 0.25) is 5.15 Å². The molecule has 1 fully saturated rings. The summed E-state index contributed by atoms with van der Waals surface area (Å²) in [7, 11) is -3.58. The second-order valence-corrected chi connectivity index (χ2v) is 7.10. The summed E-state index contributed by atoms with van der Waals surface area (Å²) in [6, 6.07) is 2.47. The highest BCUT2D eigenvalue weighted by molar-refractivity contribution is 7.86. The molecule has 3 atom stereocenters. The first kappa shape index (κ1) is 16.1. The molecule has 0 aliphatic heterocycles. The lowest BCUT2D eigenvalue weighted by Crippen LogP contribution is -2.37. The van der Waals surface area contributed by atoms with Crippen molar-refractivity contribution in [2.75, 3.05) is 6.26 Å². The summed E-state index contributed by atoms with van der Waals surface area (Å²) in [5.74, 6) is -0.440. The molecule has 1 aromatic heterocycles. The van der Waals surface area contributed by atoms with E-state index < -0.39 is 28.2 Å². The Balaban J connectivity index is 2.23. The number of nitrogens with zero attached hydrogens (tertiary/aromatic N) is 2. The average molecular weight is 335 g/mol. The number of aromatic nitrogens is 1. The van der Waals surface area contributed by atoms with Gasteiger partial charge >= 0.3 is 0 Å². The summed E-state index contributed by atoms with van der Waals surface area (Å²) < 4.78 is 27.4. The Labute approximate surface area is 127 Å². The lowest BCUT2D eigenvalue weighted by molar-refractivity contribution is -0.530. The van der Waals surface area contributed by atoms with Crippen LogP contribution in [0.5, 0.6) is 0 Å². The number of pyridine rings is 1. The van der Waals surface area contributed by atoms with E-state index in [4.69, 9.17) is 15.8 Å². The van der Waals surface area contributed by atoms with Gasteiger partial charge in [-0.1, -0.05) is 17.7 Å². The van der Waals surface area contributed by atoms with E-state index in [0.29, 0.717) is 17.1 Å². The first-order valence-corrected chi connectivity index (χ1v) is 8.59. The van der Waals surface area contributed by atoms with Crippen LogP contribution in [0.1, 0.15) is 30.7 Å². The highest BCUT2D eigenvalue weighted by Crippen LogP contribution is 2.36. The Kier molecular flexibility index (Phi) is 4.80. The minimum Gasteiger partial charge on any atom is -0.267 e. The molecule has 1 heterocycles. The van der Waals surface area contributed by atoms with Crippen LogP contribution in [0.3, 0.4) is 0 Å². The van der Waals surface area contributed by atoms with E-state index in [2.05, 4.69) is 4.98 Å². The fraction of sp³-hybridized carbons (Fsp3) is 0.583. The van der Waals surface area contributed by atoms with Gasteiger partial charge in [-0.15, -0.1) is 0 Å². The number of hydrogen-bond acceptors (Lipinski definition) is 6. The van der Waals surface area contributed by atoms with Crippen LogP contribution >= 0.6 is 11.6 Å². The van der Waals surface area contributed by atoms with Gasteiger partial charge in [0.25, 0.3) is 10.1 Å². The van der Waals surface area contributed by atoms with Crippen LogP contribution in [0.4, 0.5) is 0 Å². The van der Waals surface area contributed by atoms with Crippen LogP contribution in [-0.4, -0.2) is 36.7 Å². The molecule has 0 bridgehead atoms. The standard InChI is InChI=1S/C12H15ClN2O5S/c1-21(18,19)20-9-3-4-11(15(16)17)10(6-9)8-2-5-12(13)14-7-8/h2,5,7,9-11H,3-4,6H2,1H3/t9?,10-,11+/m0/s1. The van der Waals surface area contributed by atoms with Crippen molar-refractivity contribution in [2.45, 2.75) is 37.3 Å². The highest BCUT2D eigenvalue weighted by Gasteiger charge is 2.40. The number of nitro groups is 1. The zero-order valence-electron chi connectivity index (χ0n) is 11.3. The van der Waals surface area contributed by atoms with E-state index in [0.717, 1.165) is 6.26 Å². The zero-order valence-corrected chi connectivity index (χ0v) is 12.9. The molecule has 1 aromatic rings. The quantitative estimate of drug-likeness (QED) is 0.361. The molecule has 1 aliphatic rings. The average Bonchev–Trinajstić information content (AvgIpc) is 2.37. The van der Waals surface area contributed by atoms with Crippen molar-refractivity contribution in [3.63, 3.8) is 0 Å². The summed E-state index contributed by atoms with van der Waals surface area (Å²) in [5.41, 5.74) is 0.669. The molecule has 1 aliphatic carbocycles. The summed E-state index contributed by atoms with van der Waals surface area (Å²) in [6.07, 6.45) is 2.80. The van der Waals surface area contributed by atoms with Gasteiger partial charge in [-0.05, 0) is 24.5 Å². The number of halogens is 1. The second-order valence-electron chi connectivity index (χ2n) is 5.11. The topological polar surface area (TPSA) is 99.4 Å². The monoisotopic (exact) mass is 334 g/mol. The molecule has 0 N–H and O–H groups in total. The van der Waals surface area contributed by atoms with Gasteiger partial charge in [0.1, 0.15) is 5.15 Å². The van der Waals surface area contributed by atoms with Gasteiger partial charge in [-0.2, -0.15) is 8.42 Å². The molecule has 0 saturated heterocycles. The Hall–Kier alpha value is -1.25. The van der Waals surface area contributed by atoms with Crippen molar-refractivity contribution in [1.82, 2.24) is 4.98 Å². The smallest absolute Gasteiger partial charge is 0.264 e. The molecule has 1 saturated carbocycles. The molecule has 21 heavy (non-hydrogen) atoms. The Bertz CT molecular complexity index is 619. The third-order valence-electron chi connectivity index (χ3n) is 3.53. The predicted octanol–water partition coefficient (Wildman–Crippen LogP) is 1.99. The maximum atomic E-state index is 11.2. The molecule has 0 amide bonds. The molecule has 2 rings (SSSR count). The highest BCUT2D eigenvalue weighted by atomic mass is 35.5. The van der Waals surface area contributed by atoms with Gasteiger partial charge in [-0.25, -0.2) is 4.98 Å². The van der Waals surface area contributed by atoms with E-state index in [1.807, 2.05) is 0 Å². The van der Waals surface area contributed by atoms with E-state index in [9.17, 15) is 18.5 Å². The van der Waals surface area contributed by atoms with Crippen LogP contribution in [0, 0.1) is 10.1 Å². The van der Waals surface area contributed by atoms with E-state index >= 15 is 0 Å². The first-order chi connectivity index (χ1) is 9.76. The van der Waals surface area contributed by atoms with Crippen LogP contribution < -0.4 is 0 Å². The van der Waals surface area contributed by atoms with E-state index in [-0.39, 0.29) is 17.8 Å². The molecular weight excluding hydrogens is 320 g/mol. The minimum atomic E-state index is -3.58. The molecule has 0 radical (unpaired) electrons. The van der Waals surface area contributed by atoms with E-state index in [1.54, 1.807) is 12.1 Å². The van der Waals surface area contributed by atoms with E-state index in [1.165, 1.54) is 6.20 Å². The Morgan fingerprint density at radius 2 is 2.14 bits per heavy atom. The summed E-state index contributed by atoms with van der Waals surface area (Å²) in [4.78, 5) is 14.8. The second kappa shape index (κ2) is 6.25. The van der Waals surface area contributed by atoms with Crippen molar-refractivity contribution in [2.24, 2.45) is 0 Å². The molecule has 116 valence electrons. The van der Waals surface area contributed by atoms with Crippen molar-refractivity contribution < 1.29 is 17.5 Å². The maximum Gasteiger partial charge on any atom is 0.264 e. The van der Waals surface area contributed by atoms with Crippen molar-refractivity contribution in [3.05, 3.63) is 39.2 Å². The van der Waals surface area contributed by atoms with Gasteiger partial charge in [0.05, 0.1) is 18.3 Å². The molecule has 1 unspecified atom stereocenters. The van der Waals surface area contributed by atoms with Crippen molar-refractivity contribution in [1.29, 1.82) is 0 Å². The fourth-order valence-corrected chi connectivity index (χ4v) is 3.45. The van der Waals surface area contributed by atoms with Crippen molar-refractivity contribution in [3.8, 4) is 0 Å². The summed E-state index contributed by atoms with van der Waals surface area (Å²) in [6.45, 7) is 0. The lowest BCUT2D eigenvalue weighted by Gasteiger charge is -2.30. The molecule has 9 heteroatoms. The Morgan fingerprint density at radius 3 is 2.67 bits per heavy atom. The van der Waals surface area contributed by atoms with Crippen LogP contribution in [0.15, 0.2) is 18.3 Å². The number of rotatable bonds is 4. The minimum absolute atomic E-state index is 0.264. The maximum absolute atomic E-state index is 11.2. The van der Waals surface area contributed by atoms with Gasteiger partial charge in [0.15, 0.2) is 0 Å². The van der Waals surface area contributed by atoms with Crippen LogP contribution in [0.25, 0.3) is 0 Å². The molecule has 7 nitrogen and oxygen atoms in total. The van der Waals surface area contributed by atoms with Crippen molar-refractivity contribution >= 4 is 21.7 Å². The third kappa shape index (κ3) is 4.36. The van der Waals surface area contributed by atoms with Gasteiger partial charge in [-0.3, -0.25) is 14.3 Å². The van der Waals surface area contributed by atoms with Gasteiger partial charge in [0, 0.05) is 17.5 Å². The summed E-state index contributed by atoms with van der Waals surface area (Å²) >= 11 is 5.72. The molecular formula is C12H15ClN2O5S. The number of hydrogen-bond donors (Lipinski definition) is 0. The SMILES string of the molecule is CS(=O)(=O)OC1CC[C@@H]([N+](=O)[O-])[C@H](c2ccc(Cl)nc2)C1. The molecule has 0 spiro atoms. The van der Waals surface area contributed by atoms with Gasteiger partial charge in [0.2, 0.25) is 6.04 Å². The third-order valence-corrected chi connectivity index (χ3v) is 4.37. The van der Waals surface area contributed by atoms with Gasteiger partial charge < -0.3 is 0 Å². The molecule has 0 aromatic carbocycles. The largest absolute Gasteiger partial charge is 0.267 e. The normalized spacial score (nSPS) is 26.5. The van der Waals surface area contributed by atoms with Crippen LogP contribution in [-0.2, 0) is 14.3 Å². The first-order valence-electron chi connectivity index (χ1n) is 6.39. The summed E-state index contributed by atoms with van der Waals surface area (Å²) in [5, 5.41) is 11.5. The Morgan fingerprint density at radius 1 is 1.43 bits per heavy atom. The fourth-order valence-electron chi connectivity index (χ4n) is 2.67. The predicted molar refractivity (Wildman–Crippen MR) is 76.3 cm³/mol. The zero-order chi connectivity index (χ0) is 15.6. The lowest BCUT2D eigenvalue weighted by atomic mass is 9.79.